The van der Waals surface area contributed by atoms with E-state index in [0.717, 1.165) is 22.9 Å². The van der Waals surface area contributed by atoms with Crippen LogP contribution >= 0.6 is 11.8 Å². The summed E-state index contributed by atoms with van der Waals surface area (Å²) >= 11 is 1.74. The van der Waals surface area contributed by atoms with Crippen molar-refractivity contribution in [3.63, 3.8) is 0 Å². The maximum Gasteiger partial charge on any atom is 0.118 e. The number of rotatable bonds is 5. The molecule has 0 fully saturated rings. The van der Waals surface area contributed by atoms with Crippen molar-refractivity contribution in [2.24, 2.45) is 0 Å². The zero-order chi connectivity index (χ0) is 12.8. The van der Waals surface area contributed by atoms with Crippen molar-refractivity contribution in [2.75, 3.05) is 18.6 Å². The first-order chi connectivity index (χ1) is 8.78. The summed E-state index contributed by atoms with van der Waals surface area (Å²) in [6.45, 7) is 0. The fourth-order valence-corrected chi connectivity index (χ4v) is 2.38. The molecule has 2 aromatic rings. The van der Waals surface area contributed by atoms with Gasteiger partial charge in [-0.3, -0.25) is 0 Å². The highest BCUT2D eigenvalue weighted by molar-refractivity contribution is 7.99. The van der Waals surface area contributed by atoms with E-state index in [1.54, 1.807) is 25.1 Å². The van der Waals surface area contributed by atoms with Gasteiger partial charge in [-0.05, 0) is 36.2 Å². The van der Waals surface area contributed by atoms with E-state index >= 15 is 0 Å². The lowest BCUT2D eigenvalue weighted by Crippen LogP contribution is -1.91. The van der Waals surface area contributed by atoms with Crippen LogP contribution in [-0.4, -0.2) is 17.8 Å². The molecule has 0 amide bonds. The van der Waals surface area contributed by atoms with Crippen LogP contribution in [0.15, 0.2) is 47.6 Å². The number of anilines is 1. The fourth-order valence-electron chi connectivity index (χ4n) is 1.54. The van der Waals surface area contributed by atoms with Crippen molar-refractivity contribution in [1.82, 2.24) is 4.98 Å². The first kappa shape index (κ1) is 12.8. The maximum atomic E-state index is 5.59. The molecule has 0 saturated heterocycles. The summed E-state index contributed by atoms with van der Waals surface area (Å²) in [6.07, 6.45) is 2.70. The summed E-state index contributed by atoms with van der Waals surface area (Å²) in [7, 11) is 1.68. The van der Waals surface area contributed by atoms with Gasteiger partial charge in [0.05, 0.1) is 24.0 Å². The van der Waals surface area contributed by atoms with Crippen LogP contribution in [0, 0.1) is 0 Å². The summed E-state index contributed by atoms with van der Waals surface area (Å²) in [5.74, 6) is 1.90. The third kappa shape index (κ3) is 3.67. The molecule has 0 unspecified atom stereocenters. The molecular weight excluding hydrogens is 244 g/mol. The second-order valence-electron chi connectivity index (χ2n) is 3.88. The molecule has 0 saturated carbocycles. The lowest BCUT2D eigenvalue weighted by Gasteiger charge is -2.03. The average molecular weight is 260 g/mol. The molecular formula is C14H16N2OS. The number of benzene rings is 1. The van der Waals surface area contributed by atoms with Crippen LogP contribution in [-0.2, 0) is 6.42 Å². The molecule has 0 radical (unpaired) electrons. The number of hydrogen-bond acceptors (Lipinski definition) is 4. The third-order valence-corrected chi connectivity index (χ3v) is 3.50. The lowest BCUT2D eigenvalue weighted by atomic mass is 10.2. The minimum Gasteiger partial charge on any atom is -0.497 e. The highest BCUT2D eigenvalue weighted by atomic mass is 32.2. The SMILES string of the molecule is COc1ccc(CCSc2ccc(N)cn2)cc1. The van der Waals surface area contributed by atoms with Gasteiger partial charge < -0.3 is 10.5 Å². The van der Waals surface area contributed by atoms with Gasteiger partial charge in [0.15, 0.2) is 0 Å². The van der Waals surface area contributed by atoms with E-state index in [9.17, 15) is 0 Å². The first-order valence-corrected chi connectivity index (χ1v) is 6.74. The van der Waals surface area contributed by atoms with Crippen LogP contribution in [0.25, 0.3) is 0 Å². The summed E-state index contributed by atoms with van der Waals surface area (Å²) in [4.78, 5) is 4.25. The summed E-state index contributed by atoms with van der Waals surface area (Å²) in [5, 5.41) is 1.01. The van der Waals surface area contributed by atoms with Gasteiger partial charge in [-0.25, -0.2) is 4.98 Å². The maximum absolute atomic E-state index is 5.59. The van der Waals surface area contributed by atoms with E-state index in [1.165, 1.54) is 5.56 Å². The molecule has 2 rings (SSSR count). The zero-order valence-corrected chi connectivity index (χ0v) is 11.1. The zero-order valence-electron chi connectivity index (χ0n) is 10.3. The van der Waals surface area contributed by atoms with Crippen molar-refractivity contribution in [2.45, 2.75) is 11.4 Å². The molecule has 0 bridgehead atoms. The number of nitrogens with zero attached hydrogens (tertiary/aromatic N) is 1. The molecule has 2 N–H and O–H groups in total. The highest BCUT2D eigenvalue weighted by Gasteiger charge is 1.98. The van der Waals surface area contributed by atoms with E-state index < -0.39 is 0 Å². The third-order valence-electron chi connectivity index (χ3n) is 2.56. The summed E-state index contributed by atoms with van der Waals surface area (Å²) in [5.41, 5.74) is 7.60. The Morgan fingerprint density at radius 2 is 1.94 bits per heavy atom. The Kier molecular flexibility index (Phi) is 4.47. The number of aryl methyl sites for hydroxylation is 1. The molecule has 0 aliphatic carbocycles. The Labute approximate surface area is 111 Å². The monoisotopic (exact) mass is 260 g/mol. The fraction of sp³-hybridized carbons (Fsp3) is 0.214. The Morgan fingerprint density at radius 3 is 2.56 bits per heavy atom. The molecule has 3 nitrogen and oxygen atoms in total. The average Bonchev–Trinajstić information content (AvgIpc) is 2.42. The van der Waals surface area contributed by atoms with E-state index in [-0.39, 0.29) is 0 Å². The van der Waals surface area contributed by atoms with Gasteiger partial charge in [-0.1, -0.05) is 12.1 Å². The topological polar surface area (TPSA) is 48.1 Å². The number of hydrogen-bond donors (Lipinski definition) is 1. The van der Waals surface area contributed by atoms with Crippen molar-refractivity contribution < 1.29 is 4.74 Å². The molecule has 1 aromatic heterocycles. The molecule has 0 aliphatic rings. The van der Waals surface area contributed by atoms with Crippen LogP contribution in [0.5, 0.6) is 5.75 Å². The van der Waals surface area contributed by atoms with Crippen LogP contribution in [0.2, 0.25) is 0 Å². The van der Waals surface area contributed by atoms with Crippen LogP contribution in [0.4, 0.5) is 5.69 Å². The summed E-state index contributed by atoms with van der Waals surface area (Å²) < 4.78 is 5.13. The number of pyridine rings is 1. The lowest BCUT2D eigenvalue weighted by molar-refractivity contribution is 0.414. The van der Waals surface area contributed by atoms with Gasteiger partial charge in [0.2, 0.25) is 0 Å². The molecule has 0 atom stereocenters. The van der Waals surface area contributed by atoms with E-state index in [2.05, 4.69) is 17.1 Å². The predicted molar refractivity (Wildman–Crippen MR) is 76.1 cm³/mol. The van der Waals surface area contributed by atoms with E-state index in [0.29, 0.717) is 5.69 Å². The van der Waals surface area contributed by atoms with E-state index in [4.69, 9.17) is 10.5 Å². The van der Waals surface area contributed by atoms with Gasteiger partial charge in [0.25, 0.3) is 0 Å². The van der Waals surface area contributed by atoms with Crippen LogP contribution in [0.1, 0.15) is 5.56 Å². The summed E-state index contributed by atoms with van der Waals surface area (Å²) in [6, 6.07) is 12.0. The van der Waals surface area contributed by atoms with Gasteiger partial charge >= 0.3 is 0 Å². The van der Waals surface area contributed by atoms with Crippen LogP contribution in [0.3, 0.4) is 0 Å². The molecule has 1 heterocycles. The van der Waals surface area contributed by atoms with Gasteiger partial charge in [0, 0.05) is 5.75 Å². The van der Waals surface area contributed by atoms with Gasteiger partial charge in [-0.2, -0.15) is 0 Å². The van der Waals surface area contributed by atoms with Crippen molar-refractivity contribution in [1.29, 1.82) is 0 Å². The van der Waals surface area contributed by atoms with Gasteiger partial charge in [0.1, 0.15) is 5.75 Å². The minimum absolute atomic E-state index is 0.703. The Balaban J connectivity index is 1.82. The largest absolute Gasteiger partial charge is 0.497 e. The quantitative estimate of drug-likeness (QED) is 0.840. The standard InChI is InChI=1S/C14H16N2OS/c1-17-13-5-2-11(3-6-13)8-9-18-14-7-4-12(15)10-16-14/h2-7,10H,8-9,15H2,1H3. The van der Waals surface area contributed by atoms with Crippen molar-refractivity contribution >= 4 is 17.4 Å². The molecule has 18 heavy (non-hydrogen) atoms. The normalized spacial score (nSPS) is 10.3. The minimum atomic E-state index is 0.703. The Morgan fingerprint density at radius 1 is 1.17 bits per heavy atom. The number of nitrogens with two attached hydrogens (primary N) is 1. The second-order valence-corrected chi connectivity index (χ2v) is 4.99. The number of ether oxygens (including phenoxy) is 1. The smallest absolute Gasteiger partial charge is 0.118 e. The second kappa shape index (κ2) is 6.31. The first-order valence-electron chi connectivity index (χ1n) is 5.75. The van der Waals surface area contributed by atoms with Crippen molar-refractivity contribution in [3.05, 3.63) is 48.2 Å². The molecule has 4 heteroatoms. The molecule has 94 valence electrons. The molecule has 0 spiro atoms. The van der Waals surface area contributed by atoms with Crippen LogP contribution < -0.4 is 10.5 Å². The number of thioether (sulfide) groups is 1. The van der Waals surface area contributed by atoms with Crippen molar-refractivity contribution in [3.8, 4) is 5.75 Å². The number of nitrogen functional groups attached to an aromatic ring is 1. The highest BCUT2D eigenvalue weighted by Crippen LogP contribution is 2.18. The predicted octanol–water partition coefficient (Wildman–Crippen LogP) is 3.01. The van der Waals surface area contributed by atoms with E-state index in [1.807, 2.05) is 24.3 Å². The molecule has 0 aliphatic heterocycles. The number of methoxy groups -OCH3 is 1. The van der Waals surface area contributed by atoms with Gasteiger partial charge in [-0.15, -0.1) is 11.8 Å². The molecule has 1 aromatic carbocycles. The Hall–Kier alpha value is -1.68. The number of aromatic nitrogens is 1. The Bertz CT molecular complexity index is 482.